The van der Waals surface area contributed by atoms with E-state index in [0.717, 1.165) is 27.6 Å². The number of carbonyl (C=O) groups is 1. The molecule has 0 atom stereocenters. The van der Waals surface area contributed by atoms with Crippen LogP contribution in [0.15, 0.2) is 48.5 Å². The SMILES string of the molecule is Cc1ccc(NC(=O)c2ccc3c(C)c(O)ccc3c2)c(C)c1. The molecule has 0 aromatic heterocycles. The second-order valence-corrected chi connectivity index (χ2v) is 5.92. The van der Waals surface area contributed by atoms with Gasteiger partial charge in [0.15, 0.2) is 0 Å². The first-order valence-corrected chi connectivity index (χ1v) is 7.56. The molecule has 2 N–H and O–H groups in total. The maximum absolute atomic E-state index is 12.5. The molecule has 3 nitrogen and oxygen atoms in total. The molecule has 3 aromatic carbocycles. The van der Waals surface area contributed by atoms with E-state index in [2.05, 4.69) is 5.32 Å². The summed E-state index contributed by atoms with van der Waals surface area (Å²) in [6.45, 7) is 5.88. The van der Waals surface area contributed by atoms with E-state index < -0.39 is 0 Å². The highest BCUT2D eigenvalue weighted by Gasteiger charge is 2.10. The van der Waals surface area contributed by atoms with Crippen LogP contribution >= 0.6 is 0 Å². The largest absolute Gasteiger partial charge is 0.508 e. The summed E-state index contributed by atoms with van der Waals surface area (Å²) in [6, 6.07) is 14.9. The third-order valence-electron chi connectivity index (χ3n) is 4.15. The first kappa shape index (κ1) is 15.1. The van der Waals surface area contributed by atoms with Gasteiger partial charge in [-0.05, 0) is 66.9 Å². The van der Waals surface area contributed by atoms with Gasteiger partial charge in [0, 0.05) is 11.3 Å². The monoisotopic (exact) mass is 305 g/mol. The van der Waals surface area contributed by atoms with Gasteiger partial charge < -0.3 is 10.4 Å². The molecule has 0 aliphatic heterocycles. The first-order valence-electron chi connectivity index (χ1n) is 7.56. The van der Waals surface area contributed by atoms with Crippen LogP contribution in [0.4, 0.5) is 5.69 Å². The minimum atomic E-state index is -0.135. The molecule has 0 aliphatic carbocycles. The molecule has 0 radical (unpaired) electrons. The van der Waals surface area contributed by atoms with Crippen LogP contribution in [-0.2, 0) is 0 Å². The lowest BCUT2D eigenvalue weighted by Crippen LogP contribution is -2.12. The minimum Gasteiger partial charge on any atom is -0.508 e. The number of phenolic OH excluding ortho intramolecular Hbond substituents is 1. The summed E-state index contributed by atoms with van der Waals surface area (Å²) in [5.74, 6) is 0.134. The Hall–Kier alpha value is -2.81. The Labute approximate surface area is 135 Å². The predicted molar refractivity (Wildman–Crippen MR) is 94.2 cm³/mol. The Morgan fingerprint density at radius 1 is 0.957 bits per heavy atom. The van der Waals surface area contributed by atoms with Gasteiger partial charge in [-0.3, -0.25) is 4.79 Å². The van der Waals surface area contributed by atoms with E-state index >= 15 is 0 Å². The zero-order valence-electron chi connectivity index (χ0n) is 13.5. The van der Waals surface area contributed by atoms with Crippen LogP contribution in [0, 0.1) is 20.8 Å². The molecule has 0 bridgehead atoms. The summed E-state index contributed by atoms with van der Waals surface area (Å²) in [5, 5.41) is 14.6. The van der Waals surface area contributed by atoms with Gasteiger partial charge in [-0.25, -0.2) is 0 Å². The Kier molecular flexibility index (Phi) is 3.78. The lowest BCUT2D eigenvalue weighted by atomic mass is 10.0. The number of amides is 1. The number of carbonyl (C=O) groups excluding carboxylic acids is 1. The maximum Gasteiger partial charge on any atom is 0.255 e. The Balaban J connectivity index is 1.93. The van der Waals surface area contributed by atoms with Crippen LogP contribution in [0.25, 0.3) is 10.8 Å². The lowest BCUT2D eigenvalue weighted by molar-refractivity contribution is 0.102. The number of benzene rings is 3. The molecule has 0 aliphatic rings. The fourth-order valence-electron chi connectivity index (χ4n) is 2.76. The van der Waals surface area contributed by atoms with Crippen molar-refractivity contribution in [3.05, 3.63) is 70.8 Å². The smallest absolute Gasteiger partial charge is 0.255 e. The molecule has 3 aromatic rings. The molecular weight excluding hydrogens is 286 g/mol. The van der Waals surface area contributed by atoms with Crippen LogP contribution in [0.5, 0.6) is 5.75 Å². The molecule has 23 heavy (non-hydrogen) atoms. The molecule has 0 spiro atoms. The zero-order valence-corrected chi connectivity index (χ0v) is 13.5. The molecule has 0 fully saturated rings. The van der Waals surface area contributed by atoms with Crippen LogP contribution in [-0.4, -0.2) is 11.0 Å². The maximum atomic E-state index is 12.5. The van der Waals surface area contributed by atoms with Crippen molar-refractivity contribution in [3.8, 4) is 5.75 Å². The minimum absolute atomic E-state index is 0.135. The van der Waals surface area contributed by atoms with Crippen LogP contribution in [0.3, 0.4) is 0 Å². The zero-order chi connectivity index (χ0) is 16.6. The van der Waals surface area contributed by atoms with E-state index in [1.165, 1.54) is 5.56 Å². The molecule has 0 saturated carbocycles. The Morgan fingerprint density at radius 3 is 2.48 bits per heavy atom. The second-order valence-electron chi connectivity index (χ2n) is 5.92. The lowest BCUT2D eigenvalue weighted by Gasteiger charge is -2.10. The van der Waals surface area contributed by atoms with Crippen molar-refractivity contribution in [1.29, 1.82) is 0 Å². The number of fused-ring (bicyclic) bond motifs is 1. The van der Waals surface area contributed by atoms with E-state index in [-0.39, 0.29) is 11.7 Å². The van der Waals surface area contributed by atoms with E-state index in [4.69, 9.17) is 0 Å². The van der Waals surface area contributed by atoms with Gasteiger partial charge in [0.25, 0.3) is 5.91 Å². The highest BCUT2D eigenvalue weighted by molar-refractivity contribution is 6.07. The van der Waals surface area contributed by atoms with Gasteiger partial charge in [0.2, 0.25) is 0 Å². The standard InChI is InChI=1S/C20H19NO2/c1-12-4-8-18(13(2)10-12)21-20(23)16-5-7-17-14(3)19(22)9-6-15(17)11-16/h4-11,22H,1-3H3,(H,21,23). The summed E-state index contributed by atoms with van der Waals surface area (Å²) in [7, 11) is 0. The average Bonchev–Trinajstić information content (AvgIpc) is 2.53. The highest BCUT2D eigenvalue weighted by atomic mass is 16.3. The molecule has 3 heteroatoms. The summed E-state index contributed by atoms with van der Waals surface area (Å²) in [6.07, 6.45) is 0. The molecule has 0 unspecified atom stereocenters. The molecule has 116 valence electrons. The third-order valence-corrected chi connectivity index (χ3v) is 4.15. The topological polar surface area (TPSA) is 49.3 Å². The number of hydrogen-bond donors (Lipinski definition) is 2. The number of nitrogens with one attached hydrogen (secondary N) is 1. The number of phenols is 1. The van der Waals surface area contributed by atoms with Crippen molar-refractivity contribution in [2.45, 2.75) is 20.8 Å². The van der Waals surface area contributed by atoms with Crippen LogP contribution in [0.2, 0.25) is 0 Å². The van der Waals surface area contributed by atoms with E-state index in [9.17, 15) is 9.90 Å². The van der Waals surface area contributed by atoms with Gasteiger partial charge in [0.05, 0.1) is 0 Å². The normalized spacial score (nSPS) is 10.7. The summed E-state index contributed by atoms with van der Waals surface area (Å²) >= 11 is 0. The third kappa shape index (κ3) is 2.90. The highest BCUT2D eigenvalue weighted by Crippen LogP contribution is 2.27. The summed E-state index contributed by atoms with van der Waals surface area (Å²) < 4.78 is 0. The van der Waals surface area contributed by atoms with Crippen molar-refractivity contribution in [2.75, 3.05) is 5.32 Å². The number of aryl methyl sites for hydroxylation is 3. The van der Waals surface area contributed by atoms with Crippen molar-refractivity contribution >= 4 is 22.4 Å². The quantitative estimate of drug-likeness (QED) is 0.719. The fourth-order valence-corrected chi connectivity index (χ4v) is 2.76. The van der Waals surface area contributed by atoms with Gasteiger partial charge in [-0.15, -0.1) is 0 Å². The summed E-state index contributed by atoms with van der Waals surface area (Å²) in [5.41, 5.74) is 4.45. The Bertz CT molecular complexity index is 913. The first-order chi connectivity index (χ1) is 11.0. The van der Waals surface area contributed by atoms with E-state index in [0.29, 0.717) is 5.56 Å². The second kappa shape index (κ2) is 5.76. The van der Waals surface area contributed by atoms with Crippen molar-refractivity contribution in [3.63, 3.8) is 0 Å². The number of rotatable bonds is 2. The number of aromatic hydroxyl groups is 1. The fraction of sp³-hybridized carbons (Fsp3) is 0.150. The van der Waals surface area contributed by atoms with Gasteiger partial charge in [-0.1, -0.05) is 29.8 Å². The van der Waals surface area contributed by atoms with Gasteiger partial charge in [0.1, 0.15) is 5.75 Å². The molecule has 1 amide bonds. The summed E-state index contributed by atoms with van der Waals surface area (Å²) in [4.78, 5) is 12.5. The van der Waals surface area contributed by atoms with Gasteiger partial charge in [-0.2, -0.15) is 0 Å². The number of hydrogen-bond acceptors (Lipinski definition) is 2. The molecule has 0 heterocycles. The molecule has 3 rings (SSSR count). The van der Waals surface area contributed by atoms with Crippen molar-refractivity contribution in [2.24, 2.45) is 0 Å². The molecule has 0 saturated heterocycles. The van der Waals surface area contributed by atoms with Gasteiger partial charge >= 0.3 is 0 Å². The van der Waals surface area contributed by atoms with Crippen molar-refractivity contribution < 1.29 is 9.90 Å². The van der Waals surface area contributed by atoms with E-state index in [1.54, 1.807) is 12.1 Å². The predicted octanol–water partition coefficient (Wildman–Crippen LogP) is 4.72. The molecular formula is C20H19NO2. The van der Waals surface area contributed by atoms with Crippen molar-refractivity contribution in [1.82, 2.24) is 0 Å². The van der Waals surface area contributed by atoms with Crippen LogP contribution < -0.4 is 5.32 Å². The van der Waals surface area contributed by atoms with E-state index in [1.807, 2.05) is 57.2 Å². The Morgan fingerprint density at radius 2 is 1.74 bits per heavy atom. The van der Waals surface area contributed by atoms with Crippen LogP contribution in [0.1, 0.15) is 27.0 Å². The average molecular weight is 305 g/mol. The number of anilines is 1.